The second kappa shape index (κ2) is 7.27. The lowest BCUT2D eigenvalue weighted by atomic mass is 9.73. The molecule has 3 aromatic carbocycles. The van der Waals surface area contributed by atoms with Crippen molar-refractivity contribution in [2.75, 3.05) is 4.90 Å². The third kappa shape index (κ3) is 2.82. The van der Waals surface area contributed by atoms with Crippen LogP contribution in [0.5, 0.6) is 0 Å². The molecule has 1 aliphatic heterocycles. The van der Waals surface area contributed by atoms with Crippen molar-refractivity contribution in [3.05, 3.63) is 102 Å². The van der Waals surface area contributed by atoms with Crippen molar-refractivity contribution in [3.8, 4) is 0 Å². The smallest absolute Gasteiger partial charge is 0.335 e. The molecule has 0 unspecified atom stereocenters. The summed E-state index contributed by atoms with van der Waals surface area (Å²) in [5.41, 5.74) is 5.12. The zero-order chi connectivity index (χ0) is 22.7. The lowest BCUT2D eigenvalue weighted by Crippen LogP contribution is -2.33. The normalized spacial score (nSPS) is 25.6. The van der Waals surface area contributed by atoms with Crippen LogP contribution < -0.4 is 4.90 Å². The SMILES string of the molecule is O=C(O)c1ccc(N2C(=O)[C@@H]3[C@H](C2=O)[C@H]2C[C@H]3C(c3ccccc3)=C2c2ccccc2)cc1. The summed E-state index contributed by atoms with van der Waals surface area (Å²) in [5.74, 6) is -2.20. The van der Waals surface area contributed by atoms with Crippen molar-refractivity contribution in [3.63, 3.8) is 0 Å². The van der Waals surface area contributed by atoms with Crippen molar-refractivity contribution >= 4 is 34.6 Å². The summed E-state index contributed by atoms with van der Waals surface area (Å²) < 4.78 is 0. The molecular weight excluding hydrogens is 414 g/mol. The molecule has 6 rings (SSSR count). The summed E-state index contributed by atoms with van der Waals surface area (Å²) in [4.78, 5) is 39.7. The number of hydrogen-bond acceptors (Lipinski definition) is 3. The first-order valence-electron chi connectivity index (χ1n) is 11.1. The molecule has 33 heavy (non-hydrogen) atoms. The van der Waals surface area contributed by atoms with E-state index in [1.165, 1.54) is 28.2 Å². The van der Waals surface area contributed by atoms with Crippen LogP contribution in [0.25, 0.3) is 11.1 Å². The molecule has 5 nitrogen and oxygen atoms in total. The number of anilines is 1. The fourth-order valence-electron chi connectivity index (χ4n) is 6.10. The van der Waals surface area contributed by atoms with Gasteiger partial charge >= 0.3 is 5.97 Å². The molecule has 0 aromatic heterocycles. The molecule has 1 saturated carbocycles. The second-order valence-corrected chi connectivity index (χ2v) is 8.92. The van der Waals surface area contributed by atoms with Gasteiger partial charge < -0.3 is 5.11 Å². The number of nitrogens with zero attached hydrogens (tertiary/aromatic N) is 1. The standard InChI is InChI=1S/C28H21NO4/c30-26-24-20-15-21(25(24)27(31)29(26)19-13-11-18(12-14-19)28(32)33)23(17-9-5-2-6-10-17)22(20)16-7-3-1-4-8-16/h1-14,20-21,24-25H,15H2,(H,32,33)/t20-,21-,24-,25+/m0/s1. The molecule has 1 heterocycles. The van der Waals surface area contributed by atoms with E-state index >= 15 is 0 Å². The molecule has 162 valence electrons. The van der Waals surface area contributed by atoms with Gasteiger partial charge in [-0.2, -0.15) is 0 Å². The van der Waals surface area contributed by atoms with E-state index in [1.807, 2.05) is 36.4 Å². The molecule has 5 heteroatoms. The van der Waals surface area contributed by atoms with Crippen LogP contribution in [0, 0.1) is 23.7 Å². The van der Waals surface area contributed by atoms with Gasteiger partial charge in [-0.25, -0.2) is 4.79 Å². The van der Waals surface area contributed by atoms with E-state index < -0.39 is 5.97 Å². The summed E-state index contributed by atoms with van der Waals surface area (Å²) in [6, 6.07) is 26.3. The maximum Gasteiger partial charge on any atom is 0.335 e. The Hall–Kier alpha value is -3.99. The highest BCUT2D eigenvalue weighted by atomic mass is 16.4. The van der Waals surface area contributed by atoms with E-state index in [9.17, 15) is 19.5 Å². The third-order valence-electron chi connectivity index (χ3n) is 7.35. The monoisotopic (exact) mass is 435 g/mol. The molecule has 0 spiro atoms. The molecule has 1 saturated heterocycles. The van der Waals surface area contributed by atoms with Gasteiger partial charge in [0.05, 0.1) is 23.1 Å². The fourth-order valence-corrected chi connectivity index (χ4v) is 6.10. The second-order valence-electron chi connectivity index (χ2n) is 8.92. The predicted octanol–water partition coefficient (Wildman–Crippen LogP) is 4.75. The Labute approximate surface area is 191 Å². The number of carbonyl (C=O) groups is 3. The van der Waals surface area contributed by atoms with E-state index in [-0.39, 0.29) is 41.0 Å². The van der Waals surface area contributed by atoms with Gasteiger partial charge in [-0.3, -0.25) is 14.5 Å². The Balaban J connectivity index is 1.45. The number of amides is 2. The number of hydrogen-bond donors (Lipinski definition) is 1. The summed E-state index contributed by atoms with van der Waals surface area (Å²) in [7, 11) is 0. The maximum atomic E-state index is 13.6. The number of carbonyl (C=O) groups excluding carboxylic acids is 2. The minimum Gasteiger partial charge on any atom is -0.478 e. The number of carboxylic acids is 1. The van der Waals surface area contributed by atoms with E-state index in [2.05, 4.69) is 24.3 Å². The van der Waals surface area contributed by atoms with Gasteiger partial charge in [-0.05, 0) is 64.8 Å². The van der Waals surface area contributed by atoms with Crippen LogP contribution in [0.2, 0.25) is 0 Å². The Morgan fingerprint density at radius 2 is 1.15 bits per heavy atom. The van der Waals surface area contributed by atoms with Gasteiger partial charge in [-0.15, -0.1) is 0 Å². The van der Waals surface area contributed by atoms with Crippen molar-refractivity contribution in [2.45, 2.75) is 6.42 Å². The first kappa shape index (κ1) is 19.7. The first-order chi connectivity index (χ1) is 16.1. The Morgan fingerprint density at radius 3 is 1.58 bits per heavy atom. The number of benzene rings is 3. The highest BCUT2D eigenvalue weighted by Crippen LogP contribution is 2.63. The van der Waals surface area contributed by atoms with Crippen LogP contribution in [0.3, 0.4) is 0 Å². The van der Waals surface area contributed by atoms with Gasteiger partial charge in [0.15, 0.2) is 0 Å². The lowest BCUT2D eigenvalue weighted by molar-refractivity contribution is -0.123. The van der Waals surface area contributed by atoms with Gasteiger partial charge in [0, 0.05) is 0 Å². The number of rotatable bonds is 4. The van der Waals surface area contributed by atoms with Crippen LogP contribution in [0.1, 0.15) is 27.9 Å². The number of carboxylic acid groups (broad SMARTS) is 1. The molecule has 3 aliphatic rings. The van der Waals surface area contributed by atoms with E-state index in [0.717, 1.165) is 17.5 Å². The van der Waals surface area contributed by atoms with Gasteiger partial charge in [0.1, 0.15) is 0 Å². The molecule has 3 aromatic rings. The molecule has 2 amide bonds. The quantitative estimate of drug-likeness (QED) is 0.600. The van der Waals surface area contributed by atoms with E-state index in [4.69, 9.17) is 0 Å². The maximum absolute atomic E-state index is 13.6. The third-order valence-corrected chi connectivity index (χ3v) is 7.35. The van der Waals surface area contributed by atoms with Crippen molar-refractivity contribution < 1.29 is 19.5 Å². The molecule has 2 aliphatic carbocycles. The highest BCUT2D eigenvalue weighted by Gasteiger charge is 2.64. The summed E-state index contributed by atoms with van der Waals surface area (Å²) in [5, 5.41) is 9.18. The van der Waals surface area contributed by atoms with Crippen molar-refractivity contribution in [2.24, 2.45) is 23.7 Å². The number of aromatic carboxylic acids is 1. The van der Waals surface area contributed by atoms with Crippen LogP contribution >= 0.6 is 0 Å². The summed E-state index contributed by atoms with van der Waals surface area (Å²) in [6.07, 6.45) is 0.799. The molecule has 4 atom stereocenters. The predicted molar refractivity (Wildman–Crippen MR) is 124 cm³/mol. The summed E-state index contributed by atoms with van der Waals surface area (Å²) in [6.45, 7) is 0. The average molecular weight is 435 g/mol. The zero-order valence-electron chi connectivity index (χ0n) is 17.7. The van der Waals surface area contributed by atoms with Crippen molar-refractivity contribution in [1.29, 1.82) is 0 Å². The van der Waals surface area contributed by atoms with Crippen molar-refractivity contribution in [1.82, 2.24) is 0 Å². The number of imide groups is 1. The average Bonchev–Trinajstić information content (AvgIpc) is 3.49. The van der Waals surface area contributed by atoms with Crippen LogP contribution in [-0.2, 0) is 9.59 Å². The summed E-state index contributed by atoms with van der Waals surface area (Å²) >= 11 is 0. The largest absolute Gasteiger partial charge is 0.478 e. The number of fused-ring (bicyclic) bond motifs is 5. The molecule has 2 bridgehead atoms. The van der Waals surface area contributed by atoms with Gasteiger partial charge in [0.25, 0.3) is 0 Å². The lowest BCUT2D eigenvalue weighted by Gasteiger charge is -2.27. The topological polar surface area (TPSA) is 74.7 Å². The molecule has 2 fully saturated rings. The van der Waals surface area contributed by atoms with E-state index in [0.29, 0.717) is 5.69 Å². The van der Waals surface area contributed by atoms with Gasteiger partial charge in [-0.1, -0.05) is 60.7 Å². The minimum absolute atomic E-state index is 0.0163. The molecule has 0 radical (unpaired) electrons. The highest BCUT2D eigenvalue weighted by molar-refractivity contribution is 6.24. The molecular formula is C28H21NO4. The number of allylic oxidation sites excluding steroid dienone is 2. The van der Waals surface area contributed by atoms with Gasteiger partial charge in [0.2, 0.25) is 11.8 Å². The van der Waals surface area contributed by atoms with E-state index in [1.54, 1.807) is 12.1 Å². The minimum atomic E-state index is -1.04. The Bertz CT molecular complexity index is 1240. The first-order valence-corrected chi connectivity index (χ1v) is 11.1. The van der Waals surface area contributed by atoms with Crippen LogP contribution in [0.4, 0.5) is 5.69 Å². The zero-order valence-corrected chi connectivity index (χ0v) is 17.7. The fraction of sp³-hybridized carbons (Fsp3) is 0.179. The Morgan fingerprint density at radius 1 is 0.697 bits per heavy atom. The van der Waals surface area contributed by atoms with Crippen LogP contribution in [0.15, 0.2) is 84.9 Å². The van der Waals surface area contributed by atoms with Crippen LogP contribution in [-0.4, -0.2) is 22.9 Å². The Kier molecular flexibility index (Phi) is 4.34. The molecule has 1 N–H and O–H groups in total.